The van der Waals surface area contributed by atoms with Crippen molar-refractivity contribution in [3.8, 4) is 0 Å². The van der Waals surface area contributed by atoms with Gasteiger partial charge in [-0.3, -0.25) is 24.5 Å². The van der Waals surface area contributed by atoms with Gasteiger partial charge in [-0.2, -0.15) is 0 Å². The SMILES string of the molecule is O=C([C@H]1CC(=O)N(c2ccccc2)C1)N1C[C@H]2C[C@H](C1)c1ccc([N+](=O)[O-])c(=O)n1C2. The maximum absolute atomic E-state index is 13.3. The van der Waals surface area contributed by atoms with E-state index in [1.54, 1.807) is 11.0 Å². The average Bonchev–Trinajstić information content (AvgIpc) is 3.16. The maximum atomic E-state index is 13.3. The summed E-state index contributed by atoms with van der Waals surface area (Å²) in [6.07, 6.45) is 1.04. The summed E-state index contributed by atoms with van der Waals surface area (Å²) in [6, 6.07) is 12.3. The summed E-state index contributed by atoms with van der Waals surface area (Å²) in [5.41, 5.74) is 0.560. The lowest BCUT2D eigenvalue weighted by molar-refractivity contribution is -0.386. The Kier molecular flexibility index (Phi) is 4.60. The first-order valence-corrected chi connectivity index (χ1v) is 10.4. The molecule has 1 aromatic heterocycles. The molecule has 5 rings (SSSR count). The van der Waals surface area contributed by atoms with Crippen molar-refractivity contribution in [3.63, 3.8) is 0 Å². The van der Waals surface area contributed by atoms with E-state index in [4.69, 9.17) is 0 Å². The van der Waals surface area contributed by atoms with Crippen LogP contribution < -0.4 is 10.5 Å². The minimum atomic E-state index is -0.647. The van der Waals surface area contributed by atoms with Crippen LogP contribution in [0.4, 0.5) is 11.4 Å². The van der Waals surface area contributed by atoms with Crippen molar-refractivity contribution in [2.75, 3.05) is 24.5 Å². The predicted molar refractivity (Wildman–Crippen MR) is 112 cm³/mol. The van der Waals surface area contributed by atoms with Gasteiger partial charge in [0.15, 0.2) is 0 Å². The molecule has 160 valence electrons. The van der Waals surface area contributed by atoms with Crippen molar-refractivity contribution in [1.29, 1.82) is 0 Å². The topological polar surface area (TPSA) is 106 Å². The van der Waals surface area contributed by atoms with E-state index < -0.39 is 16.2 Å². The third-order valence-corrected chi connectivity index (χ3v) is 6.63. The van der Waals surface area contributed by atoms with Crippen LogP contribution in [0.5, 0.6) is 0 Å². The van der Waals surface area contributed by atoms with E-state index in [1.807, 2.05) is 35.2 Å². The molecule has 2 aromatic rings. The molecule has 0 spiro atoms. The molecule has 2 bridgehead atoms. The Balaban J connectivity index is 1.34. The van der Waals surface area contributed by atoms with Crippen molar-refractivity contribution >= 4 is 23.2 Å². The van der Waals surface area contributed by atoms with Crippen LogP contribution in [0.3, 0.4) is 0 Å². The first kappa shape index (κ1) is 19.5. The quantitative estimate of drug-likeness (QED) is 0.554. The Labute approximate surface area is 178 Å². The molecule has 0 N–H and O–H groups in total. The highest BCUT2D eigenvalue weighted by Gasteiger charge is 2.42. The Hall–Kier alpha value is -3.49. The number of hydrogen-bond donors (Lipinski definition) is 0. The maximum Gasteiger partial charge on any atom is 0.334 e. The number of carbonyl (C=O) groups is 2. The van der Waals surface area contributed by atoms with Gasteiger partial charge in [-0.15, -0.1) is 0 Å². The molecule has 2 fully saturated rings. The Morgan fingerprint density at radius 1 is 1.00 bits per heavy atom. The number of fused-ring (bicyclic) bond motifs is 4. The molecule has 2 amide bonds. The summed E-state index contributed by atoms with van der Waals surface area (Å²) in [5.74, 6) is -0.430. The van der Waals surface area contributed by atoms with Crippen molar-refractivity contribution in [1.82, 2.24) is 9.47 Å². The van der Waals surface area contributed by atoms with E-state index in [9.17, 15) is 24.5 Å². The molecule has 4 heterocycles. The van der Waals surface area contributed by atoms with Crippen molar-refractivity contribution in [3.05, 3.63) is 68.6 Å². The van der Waals surface area contributed by atoms with Gasteiger partial charge in [-0.1, -0.05) is 18.2 Å². The van der Waals surface area contributed by atoms with E-state index in [1.165, 1.54) is 10.6 Å². The fourth-order valence-electron chi connectivity index (χ4n) is 5.24. The molecule has 3 aliphatic rings. The molecule has 9 nitrogen and oxygen atoms in total. The normalized spacial score (nSPS) is 24.8. The number of pyridine rings is 1. The molecule has 31 heavy (non-hydrogen) atoms. The fourth-order valence-corrected chi connectivity index (χ4v) is 5.24. The number of carbonyl (C=O) groups excluding carboxylic acids is 2. The van der Waals surface area contributed by atoms with E-state index in [2.05, 4.69) is 0 Å². The molecule has 1 aromatic carbocycles. The Morgan fingerprint density at radius 2 is 1.77 bits per heavy atom. The Morgan fingerprint density at radius 3 is 2.52 bits per heavy atom. The predicted octanol–water partition coefficient (Wildman–Crippen LogP) is 1.76. The summed E-state index contributed by atoms with van der Waals surface area (Å²) in [4.78, 5) is 52.2. The van der Waals surface area contributed by atoms with Crippen molar-refractivity contribution < 1.29 is 14.5 Å². The van der Waals surface area contributed by atoms with Crippen LogP contribution in [0.1, 0.15) is 24.5 Å². The minimum Gasteiger partial charge on any atom is -0.341 e. The second-order valence-corrected chi connectivity index (χ2v) is 8.60. The van der Waals surface area contributed by atoms with Crippen LogP contribution in [0.25, 0.3) is 0 Å². The Bertz CT molecular complexity index is 1130. The van der Waals surface area contributed by atoms with Gasteiger partial charge in [-0.25, -0.2) is 0 Å². The van der Waals surface area contributed by atoms with E-state index >= 15 is 0 Å². The highest BCUT2D eigenvalue weighted by Crippen LogP contribution is 2.37. The van der Waals surface area contributed by atoms with Gasteiger partial charge in [0.2, 0.25) is 11.8 Å². The number of nitro groups is 1. The van der Waals surface area contributed by atoms with Crippen LogP contribution in [0.2, 0.25) is 0 Å². The second kappa shape index (κ2) is 7.33. The number of para-hydroxylation sites is 1. The number of nitrogens with zero attached hydrogens (tertiary/aromatic N) is 4. The summed E-state index contributed by atoms with van der Waals surface area (Å²) in [5, 5.41) is 11.1. The van der Waals surface area contributed by atoms with E-state index in [0.717, 1.165) is 17.8 Å². The highest BCUT2D eigenvalue weighted by molar-refractivity contribution is 6.00. The fraction of sp³-hybridized carbons (Fsp3) is 0.409. The first-order valence-electron chi connectivity index (χ1n) is 10.4. The van der Waals surface area contributed by atoms with Crippen LogP contribution in [-0.4, -0.2) is 45.8 Å². The minimum absolute atomic E-state index is 0.0285. The van der Waals surface area contributed by atoms with E-state index in [-0.39, 0.29) is 36.0 Å². The summed E-state index contributed by atoms with van der Waals surface area (Å²) < 4.78 is 1.51. The van der Waals surface area contributed by atoms with Crippen LogP contribution in [0, 0.1) is 22.0 Å². The molecule has 0 unspecified atom stereocenters. The standard InChI is InChI=1S/C22H22N4O5/c27-20-9-16(13-24(20)17-4-2-1-3-5-17)21(28)23-10-14-8-15(12-23)18-6-7-19(26(30)31)22(29)25(18)11-14/h1-7,14-16H,8-13H2/t14-,15-,16+/m1/s1. The molecule has 0 saturated carbocycles. The van der Waals surface area contributed by atoms with Gasteiger partial charge in [0.25, 0.3) is 0 Å². The van der Waals surface area contributed by atoms with Crippen molar-refractivity contribution in [2.45, 2.75) is 25.3 Å². The summed E-state index contributed by atoms with van der Waals surface area (Å²) >= 11 is 0. The lowest BCUT2D eigenvalue weighted by atomic mass is 9.82. The molecule has 3 aliphatic heterocycles. The third-order valence-electron chi connectivity index (χ3n) is 6.63. The highest BCUT2D eigenvalue weighted by atomic mass is 16.6. The van der Waals surface area contributed by atoms with E-state index in [0.29, 0.717) is 26.2 Å². The molecular formula is C22H22N4O5. The van der Waals surface area contributed by atoms with Crippen molar-refractivity contribution in [2.24, 2.45) is 11.8 Å². The van der Waals surface area contributed by atoms with Crippen LogP contribution in [0.15, 0.2) is 47.3 Å². The summed E-state index contributed by atoms with van der Waals surface area (Å²) in [7, 11) is 0. The molecule has 0 aliphatic carbocycles. The monoisotopic (exact) mass is 422 g/mol. The molecule has 2 saturated heterocycles. The second-order valence-electron chi connectivity index (χ2n) is 8.60. The van der Waals surface area contributed by atoms with Crippen LogP contribution in [-0.2, 0) is 16.1 Å². The smallest absolute Gasteiger partial charge is 0.334 e. The zero-order valence-corrected chi connectivity index (χ0v) is 16.8. The summed E-state index contributed by atoms with van der Waals surface area (Å²) in [6.45, 7) is 1.70. The third kappa shape index (κ3) is 3.30. The number of likely N-dealkylation sites (tertiary alicyclic amines) is 1. The van der Waals surface area contributed by atoms with Gasteiger partial charge < -0.3 is 14.4 Å². The zero-order valence-electron chi connectivity index (χ0n) is 16.8. The lowest BCUT2D eigenvalue weighted by Crippen LogP contribution is -2.51. The largest absolute Gasteiger partial charge is 0.341 e. The molecule has 0 radical (unpaired) electrons. The van der Waals surface area contributed by atoms with Crippen LogP contribution >= 0.6 is 0 Å². The lowest BCUT2D eigenvalue weighted by Gasteiger charge is -2.43. The number of benzene rings is 1. The number of piperidine rings is 1. The molecule has 9 heteroatoms. The van der Waals surface area contributed by atoms with Gasteiger partial charge in [-0.05, 0) is 30.5 Å². The average molecular weight is 422 g/mol. The number of amides is 2. The van der Waals surface area contributed by atoms with Gasteiger partial charge in [0.05, 0.1) is 10.8 Å². The van der Waals surface area contributed by atoms with Gasteiger partial charge >= 0.3 is 11.2 Å². The zero-order chi connectivity index (χ0) is 21.7. The number of hydrogen-bond acceptors (Lipinski definition) is 5. The van der Waals surface area contributed by atoms with Gasteiger partial charge in [0, 0.05) is 56.0 Å². The van der Waals surface area contributed by atoms with Gasteiger partial charge in [0.1, 0.15) is 0 Å². The number of rotatable bonds is 3. The number of aromatic nitrogens is 1. The molecule has 3 atom stereocenters. The molecular weight excluding hydrogens is 400 g/mol. The first-order chi connectivity index (χ1) is 14.9. The number of anilines is 1.